The Balaban J connectivity index is 1.50. The van der Waals surface area contributed by atoms with Crippen molar-refractivity contribution in [2.75, 3.05) is 5.32 Å². The largest absolute Gasteiger partial charge is 0.586 e. The van der Waals surface area contributed by atoms with Crippen LogP contribution in [0, 0.1) is 6.92 Å². The van der Waals surface area contributed by atoms with Gasteiger partial charge in [0.1, 0.15) is 5.82 Å². The van der Waals surface area contributed by atoms with Crippen molar-refractivity contribution in [1.82, 2.24) is 14.6 Å². The molecule has 174 valence electrons. The van der Waals surface area contributed by atoms with E-state index in [4.69, 9.17) is 0 Å². The topological polar surface area (TPSA) is 98.0 Å². The molecule has 2 aromatic carbocycles. The van der Waals surface area contributed by atoms with E-state index in [0.29, 0.717) is 33.7 Å². The average Bonchev–Trinajstić information content (AvgIpc) is 3.28. The SMILES string of the molecule is Cc1cc2nc(NC(=O)c3ccc(C(C)(C)O)cc3)cc(-c3ccc4c(c3)OC(F)(F)O4)n2n1. The first-order chi connectivity index (χ1) is 16.0. The highest BCUT2D eigenvalue weighted by Gasteiger charge is 2.43. The number of nitrogens with one attached hydrogen (secondary N) is 1. The molecule has 0 bridgehead atoms. The smallest absolute Gasteiger partial charge is 0.395 e. The third kappa shape index (κ3) is 4.03. The molecule has 0 fully saturated rings. The Kier molecular flexibility index (Phi) is 4.80. The van der Waals surface area contributed by atoms with E-state index in [1.807, 2.05) is 0 Å². The molecule has 0 saturated carbocycles. The molecule has 0 radical (unpaired) electrons. The van der Waals surface area contributed by atoms with Crippen LogP contribution in [0.2, 0.25) is 0 Å². The van der Waals surface area contributed by atoms with Crippen molar-refractivity contribution < 1.29 is 28.2 Å². The Labute approximate surface area is 192 Å². The number of rotatable bonds is 4. The molecular formula is C24H20F2N4O4. The van der Waals surface area contributed by atoms with Crippen LogP contribution in [0.5, 0.6) is 11.5 Å². The van der Waals surface area contributed by atoms with E-state index >= 15 is 0 Å². The summed E-state index contributed by atoms with van der Waals surface area (Å²) >= 11 is 0. The van der Waals surface area contributed by atoms with Crippen LogP contribution in [-0.4, -0.2) is 31.9 Å². The van der Waals surface area contributed by atoms with Crippen LogP contribution in [0.1, 0.15) is 35.5 Å². The van der Waals surface area contributed by atoms with Gasteiger partial charge in [0.2, 0.25) is 0 Å². The number of carbonyl (C=O) groups is 1. The van der Waals surface area contributed by atoms with Gasteiger partial charge in [-0.25, -0.2) is 9.50 Å². The molecule has 2 N–H and O–H groups in total. The van der Waals surface area contributed by atoms with E-state index in [1.165, 1.54) is 12.1 Å². The first kappa shape index (κ1) is 21.8. The first-order valence-electron chi connectivity index (χ1n) is 10.4. The maximum Gasteiger partial charge on any atom is 0.586 e. The highest BCUT2D eigenvalue weighted by atomic mass is 19.3. The summed E-state index contributed by atoms with van der Waals surface area (Å²) in [6, 6.07) is 14.3. The number of amides is 1. The number of aliphatic hydroxyl groups is 1. The van der Waals surface area contributed by atoms with Crippen LogP contribution in [0.3, 0.4) is 0 Å². The van der Waals surface area contributed by atoms with Crippen LogP contribution in [0.25, 0.3) is 16.9 Å². The molecule has 1 amide bonds. The van der Waals surface area contributed by atoms with E-state index in [1.54, 1.807) is 67.8 Å². The summed E-state index contributed by atoms with van der Waals surface area (Å²) in [6.45, 7) is 5.11. The molecule has 10 heteroatoms. The summed E-state index contributed by atoms with van der Waals surface area (Å²) in [5.41, 5.74) is 2.20. The van der Waals surface area contributed by atoms with Gasteiger partial charge in [-0.2, -0.15) is 5.10 Å². The molecule has 5 rings (SSSR count). The Hall–Kier alpha value is -4.05. The number of alkyl halides is 2. The molecule has 3 heterocycles. The third-order valence-corrected chi connectivity index (χ3v) is 5.34. The van der Waals surface area contributed by atoms with E-state index in [9.17, 15) is 18.7 Å². The zero-order valence-corrected chi connectivity index (χ0v) is 18.5. The van der Waals surface area contributed by atoms with Crippen LogP contribution in [-0.2, 0) is 5.60 Å². The number of aromatic nitrogens is 3. The van der Waals surface area contributed by atoms with Crippen LogP contribution < -0.4 is 14.8 Å². The molecule has 1 aliphatic rings. The first-order valence-corrected chi connectivity index (χ1v) is 10.4. The van der Waals surface area contributed by atoms with Crippen molar-refractivity contribution in [1.29, 1.82) is 0 Å². The molecule has 0 spiro atoms. The van der Waals surface area contributed by atoms with Crippen molar-refractivity contribution in [3.05, 3.63) is 71.4 Å². The van der Waals surface area contributed by atoms with E-state index in [0.717, 1.165) is 0 Å². The summed E-state index contributed by atoms with van der Waals surface area (Å²) in [7, 11) is 0. The predicted octanol–water partition coefficient (Wildman–Crippen LogP) is 4.51. The minimum absolute atomic E-state index is 0.0706. The third-order valence-electron chi connectivity index (χ3n) is 5.34. The van der Waals surface area contributed by atoms with Gasteiger partial charge >= 0.3 is 6.29 Å². The van der Waals surface area contributed by atoms with Gasteiger partial charge in [0.15, 0.2) is 17.1 Å². The van der Waals surface area contributed by atoms with E-state index in [-0.39, 0.29) is 17.3 Å². The lowest BCUT2D eigenvalue weighted by molar-refractivity contribution is -0.286. The van der Waals surface area contributed by atoms with Crippen LogP contribution in [0.4, 0.5) is 14.6 Å². The standard InChI is InChI=1S/C24H20F2N4O4/c1-13-10-21-27-20(28-22(31)14-4-7-16(8-5-14)23(2,3)32)12-17(30(21)29-13)15-6-9-18-19(11-15)34-24(25,26)33-18/h4-12,32H,1-3H3,(H,27,28,31). The highest BCUT2D eigenvalue weighted by Crippen LogP contribution is 2.43. The lowest BCUT2D eigenvalue weighted by Gasteiger charge is -2.17. The molecular weight excluding hydrogens is 446 g/mol. The van der Waals surface area contributed by atoms with Crippen LogP contribution >= 0.6 is 0 Å². The second-order valence-electron chi connectivity index (χ2n) is 8.50. The Morgan fingerprint density at radius 3 is 2.47 bits per heavy atom. The summed E-state index contributed by atoms with van der Waals surface area (Å²) < 4.78 is 37.5. The van der Waals surface area contributed by atoms with Gasteiger partial charge in [-0.15, -0.1) is 8.78 Å². The molecule has 0 atom stereocenters. The fourth-order valence-corrected chi connectivity index (χ4v) is 3.68. The van der Waals surface area contributed by atoms with Gasteiger partial charge in [0.05, 0.1) is 17.0 Å². The number of aryl methyl sites for hydroxylation is 1. The zero-order valence-electron chi connectivity index (χ0n) is 18.5. The van der Waals surface area contributed by atoms with Gasteiger partial charge in [-0.3, -0.25) is 4.79 Å². The van der Waals surface area contributed by atoms with Gasteiger partial charge in [0.25, 0.3) is 5.91 Å². The lowest BCUT2D eigenvalue weighted by atomic mass is 9.97. The van der Waals surface area contributed by atoms with Crippen molar-refractivity contribution in [2.45, 2.75) is 32.7 Å². The maximum absolute atomic E-state index is 13.5. The summed E-state index contributed by atoms with van der Waals surface area (Å²) in [4.78, 5) is 17.3. The number of benzene rings is 2. The molecule has 1 aliphatic heterocycles. The number of hydrogen-bond acceptors (Lipinski definition) is 6. The van der Waals surface area contributed by atoms with Gasteiger partial charge in [-0.1, -0.05) is 12.1 Å². The second-order valence-corrected chi connectivity index (χ2v) is 8.50. The number of hydrogen-bond donors (Lipinski definition) is 2. The number of anilines is 1. The minimum Gasteiger partial charge on any atom is -0.395 e. The minimum atomic E-state index is -3.73. The Morgan fingerprint density at radius 2 is 1.76 bits per heavy atom. The van der Waals surface area contributed by atoms with Crippen molar-refractivity contribution in [3.63, 3.8) is 0 Å². The lowest BCUT2D eigenvalue weighted by Crippen LogP contribution is -2.25. The average molecular weight is 466 g/mol. The number of carbonyl (C=O) groups excluding carboxylic acids is 1. The van der Waals surface area contributed by atoms with E-state index < -0.39 is 17.8 Å². The highest BCUT2D eigenvalue weighted by molar-refractivity contribution is 6.04. The summed E-state index contributed by atoms with van der Waals surface area (Å²) in [6.07, 6.45) is -3.73. The normalized spacial score (nSPS) is 14.4. The Morgan fingerprint density at radius 1 is 1.06 bits per heavy atom. The number of halogens is 2. The Bertz CT molecular complexity index is 1430. The number of nitrogens with zero attached hydrogens (tertiary/aromatic N) is 3. The van der Waals surface area contributed by atoms with E-state index in [2.05, 4.69) is 24.9 Å². The summed E-state index contributed by atoms with van der Waals surface area (Å²) in [5.74, 6) is -0.318. The maximum atomic E-state index is 13.5. The fourth-order valence-electron chi connectivity index (χ4n) is 3.68. The van der Waals surface area contributed by atoms with Crippen molar-refractivity contribution in [3.8, 4) is 22.8 Å². The van der Waals surface area contributed by atoms with Gasteiger partial charge in [0, 0.05) is 23.3 Å². The van der Waals surface area contributed by atoms with Gasteiger partial charge in [-0.05, 0) is 56.7 Å². The molecule has 0 aliphatic carbocycles. The second kappa shape index (κ2) is 7.49. The van der Waals surface area contributed by atoms with Crippen molar-refractivity contribution in [2.24, 2.45) is 0 Å². The van der Waals surface area contributed by atoms with Crippen molar-refractivity contribution >= 4 is 17.4 Å². The molecule has 4 aromatic rings. The van der Waals surface area contributed by atoms with Crippen LogP contribution in [0.15, 0.2) is 54.6 Å². The fraction of sp³-hybridized carbons (Fsp3) is 0.208. The molecule has 2 aromatic heterocycles. The zero-order chi connectivity index (χ0) is 24.3. The monoisotopic (exact) mass is 466 g/mol. The number of ether oxygens (including phenoxy) is 2. The molecule has 0 saturated heterocycles. The predicted molar refractivity (Wildman–Crippen MR) is 119 cm³/mol. The number of fused-ring (bicyclic) bond motifs is 2. The molecule has 0 unspecified atom stereocenters. The quantitative estimate of drug-likeness (QED) is 0.460. The van der Waals surface area contributed by atoms with Gasteiger partial charge < -0.3 is 19.9 Å². The summed E-state index contributed by atoms with van der Waals surface area (Å²) in [5, 5.41) is 17.3. The molecule has 34 heavy (non-hydrogen) atoms. The molecule has 8 nitrogen and oxygen atoms in total.